The molecule has 1 rings (SSSR count). The molecule has 13 heavy (non-hydrogen) atoms. The number of para-hydroxylation sites is 2. The highest BCUT2D eigenvalue weighted by Gasteiger charge is 1.99. The van der Waals surface area contributed by atoms with E-state index in [4.69, 9.17) is 5.84 Å². The minimum Gasteiger partial charge on any atom is -0.506 e. The van der Waals surface area contributed by atoms with Gasteiger partial charge in [-0.3, -0.25) is 16.3 Å². The average molecular weight is 182 g/mol. The molecule has 0 aliphatic heterocycles. The second-order valence-electron chi connectivity index (χ2n) is 2.24. The molecular formula is C7H10N4O2. The van der Waals surface area contributed by atoms with Gasteiger partial charge in [-0.25, -0.2) is 10.6 Å². The van der Waals surface area contributed by atoms with Crippen molar-refractivity contribution >= 4 is 11.7 Å². The Kier molecular flexibility index (Phi) is 2.93. The molecule has 0 aliphatic rings. The van der Waals surface area contributed by atoms with Crippen LogP contribution in [0.2, 0.25) is 0 Å². The fourth-order valence-electron chi connectivity index (χ4n) is 0.740. The van der Waals surface area contributed by atoms with Crippen molar-refractivity contribution in [3.05, 3.63) is 24.3 Å². The van der Waals surface area contributed by atoms with E-state index in [2.05, 4.69) is 10.9 Å². The van der Waals surface area contributed by atoms with Crippen molar-refractivity contribution in [3.8, 4) is 5.75 Å². The smallest absolute Gasteiger partial charge is 0.347 e. The summed E-state index contributed by atoms with van der Waals surface area (Å²) in [5, 5.41) is 9.23. The second-order valence-corrected chi connectivity index (χ2v) is 2.24. The molecule has 0 aliphatic carbocycles. The third-order valence-corrected chi connectivity index (χ3v) is 1.35. The number of carbonyl (C=O) groups excluding carboxylic acids is 1. The van der Waals surface area contributed by atoms with Crippen molar-refractivity contribution in [3.63, 3.8) is 0 Å². The van der Waals surface area contributed by atoms with Gasteiger partial charge in [-0.15, -0.1) is 0 Å². The fraction of sp³-hybridized carbons (Fsp3) is 0. The van der Waals surface area contributed by atoms with E-state index in [0.29, 0.717) is 5.69 Å². The lowest BCUT2D eigenvalue weighted by molar-refractivity contribution is 0.243. The van der Waals surface area contributed by atoms with Gasteiger partial charge in [0.25, 0.3) is 0 Å². The second kappa shape index (κ2) is 4.17. The number of phenolic OH excluding ortho intramolecular Hbond substituents is 1. The van der Waals surface area contributed by atoms with Gasteiger partial charge in [-0.1, -0.05) is 12.1 Å². The first kappa shape index (κ1) is 9.14. The molecule has 0 saturated carbocycles. The molecule has 1 aromatic carbocycles. The van der Waals surface area contributed by atoms with Crippen molar-refractivity contribution in [1.29, 1.82) is 0 Å². The summed E-state index contributed by atoms with van der Waals surface area (Å²) in [5.41, 5.74) is 6.93. The van der Waals surface area contributed by atoms with Gasteiger partial charge in [0, 0.05) is 0 Å². The molecule has 6 nitrogen and oxygen atoms in total. The van der Waals surface area contributed by atoms with Crippen LogP contribution in [0.4, 0.5) is 10.5 Å². The van der Waals surface area contributed by atoms with Crippen LogP contribution in [0.3, 0.4) is 0 Å². The van der Waals surface area contributed by atoms with Gasteiger partial charge in [-0.05, 0) is 12.1 Å². The molecule has 2 amide bonds. The van der Waals surface area contributed by atoms with Crippen molar-refractivity contribution in [2.75, 3.05) is 5.43 Å². The Morgan fingerprint density at radius 1 is 1.38 bits per heavy atom. The van der Waals surface area contributed by atoms with E-state index in [9.17, 15) is 9.90 Å². The number of nitrogens with two attached hydrogens (primary N) is 1. The molecule has 6 N–H and O–H groups in total. The van der Waals surface area contributed by atoms with E-state index >= 15 is 0 Å². The molecule has 1 aromatic rings. The molecule has 0 radical (unpaired) electrons. The molecule has 0 aromatic heterocycles. The van der Waals surface area contributed by atoms with E-state index in [1.165, 1.54) is 6.07 Å². The maximum absolute atomic E-state index is 10.6. The number of aromatic hydroxyl groups is 1. The van der Waals surface area contributed by atoms with Gasteiger partial charge < -0.3 is 5.11 Å². The molecule has 0 spiro atoms. The lowest BCUT2D eigenvalue weighted by Gasteiger charge is -2.08. The Labute approximate surface area is 74.7 Å². The van der Waals surface area contributed by atoms with Gasteiger partial charge >= 0.3 is 6.03 Å². The number of nitrogens with one attached hydrogen (secondary N) is 3. The minimum absolute atomic E-state index is 0.0415. The summed E-state index contributed by atoms with van der Waals surface area (Å²) in [6.45, 7) is 0. The number of urea groups is 1. The number of phenols is 1. The largest absolute Gasteiger partial charge is 0.506 e. The zero-order valence-electron chi connectivity index (χ0n) is 6.74. The summed E-state index contributed by atoms with van der Waals surface area (Å²) in [6.07, 6.45) is 0. The molecule has 0 fully saturated rings. The van der Waals surface area contributed by atoms with Crippen molar-refractivity contribution in [1.82, 2.24) is 10.9 Å². The topological polar surface area (TPSA) is 99.4 Å². The third kappa shape index (κ3) is 2.53. The van der Waals surface area contributed by atoms with Gasteiger partial charge in [0.2, 0.25) is 0 Å². The molecule has 6 heteroatoms. The summed E-state index contributed by atoms with van der Waals surface area (Å²) in [7, 11) is 0. The first-order chi connectivity index (χ1) is 6.24. The molecule has 0 heterocycles. The van der Waals surface area contributed by atoms with E-state index in [1.54, 1.807) is 18.2 Å². The van der Waals surface area contributed by atoms with Crippen molar-refractivity contribution < 1.29 is 9.90 Å². The first-order valence-corrected chi connectivity index (χ1v) is 3.54. The van der Waals surface area contributed by atoms with E-state index in [0.717, 1.165) is 0 Å². The van der Waals surface area contributed by atoms with Gasteiger partial charge in [0.15, 0.2) is 0 Å². The van der Waals surface area contributed by atoms with Gasteiger partial charge in [-0.2, -0.15) is 0 Å². The number of benzene rings is 1. The number of rotatable bonds is 2. The minimum atomic E-state index is -0.594. The Hall–Kier alpha value is -1.95. The van der Waals surface area contributed by atoms with Crippen LogP contribution in [0.15, 0.2) is 24.3 Å². The number of hydrazine groups is 2. The molecule has 0 saturated heterocycles. The monoisotopic (exact) mass is 182 g/mol. The maximum Gasteiger partial charge on any atom is 0.347 e. The van der Waals surface area contributed by atoms with Crippen LogP contribution in [0.5, 0.6) is 5.75 Å². The summed E-state index contributed by atoms with van der Waals surface area (Å²) in [5.74, 6) is 4.85. The quantitative estimate of drug-likeness (QED) is 0.191. The highest BCUT2D eigenvalue weighted by molar-refractivity contribution is 5.75. The molecule has 0 atom stereocenters. The summed E-state index contributed by atoms with van der Waals surface area (Å²) in [4.78, 5) is 10.6. The molecule has 0 unspecified atom stereocenters. The lowest BCUT2D eigenvalue weighted by Crippen LogP contribution is -2.42. The maximum atomic E-state index is 10.6. The summed E-state index contributed by atoms with van der Waals surface area (Å²) in [6, 6.07) is 5.88. The first-order valence-electron chi connectivity index (χ1n) is 3.54. The van der Waals surface area contributed by atoms with E-state index < -0.39 is 6.03 Å². The van der Waals surface area contributed by atoms with Gasteiger partial charge in [0.05, 0.1) is 5.69 Å². The van der Waals surface area contributed by atoms with Crippen molar-refractivity contribution in [2.45, 2.75) is 0 Å². The number of hydrogen-bond donors (Lipinski definition) is 5. The lowest BCUT2D eigenvalue weighted by atomic mass is 10.3. The Balaban J connectivity index is 2.54. The van der Waals surface area contributed by atoms with E-state index in [-0.39, 0.29) is 5.75 Å². The number of carbonyl (C=O) groups is 1. The molecular weight excluding hydrogens is 172 g/mol. The SMILES string of the molecule is NNC(=O)NNc1ccccc1O. The predicted molar refractivity (Wildman–Crippen MR) is 47.6 cm³/mol. The van der Waals surface area contributed by atoms with Crippen LogP contribution in [0.25, 0.3) is 0 Å². The highest BCUT2D eigenvalue weighted by Crippen LogP contribution is 2.19. The fourth-order valence-corrected chi connectivity index (χ4v) is 0.740. The average Bonchev–Trinajstić information content (AvgIpc) is 2.16. The summed E-state index contributed by atoms with van der Waals surface area (Å²) >= 11 is 0. The van der Waals surface area contributed by atoms with Crippen LogP contribution in [-0.4, -0.2) is 11.1 Å². The highest BCUT2D eigenvalue weighted by atomic mass is 16.3. The Bertz CT molecular complexity index is 302. The standard InChI is InChI=1S/C7H10N4O2/c8-9-7(13)11-10-5-3-1-2-4-6(5)12/h1-4,10,12H,8H2,(H2,9,11,13). The Morgan fingerprint density at radius 2 is 2.08 bits per heavy atom. The van der Waals surface area contributed by atoms with Gasteiger partial charge in [0.1, 0.15) is 5.75 Å². The zero-order valence-corrected chi connectivity index (χ0v) is 6.74. The molecule has 0 bridgehead atoms. The van der Waals surface area contributed by atoms with Crippen LogP contribution in [-0.2, 0) is 0 Å². The van der Waals surface area contributed by atoms with Crippen LogP contribution in [0.1, 0.15) is 0 Å². The van der Waals surface area contributed by atoms with Crippen LogP contribution < -0.4 is 22.1 Å². The summed E-state index contributed by atoms with van der Waals surface area (Å²) < 4.78 is 0. The Morgan fingerprint density at radius 3 is 2.69 bits per heavy atom. The normalized spacial score (nSPS) is 9.00. The van der Waals surface area contributed by atoms with Crippen LogP contribution in [0, 0.1) is 0 Å². The zero-order chi connectivity index (χ0) is 9.68. The van der Waals surface area contributed by atoms with E-state index in [1.807, 2.05) is 5.43 Å². The third-order valence-electron chi connectivity index (χ3n) is 1.35. The van der Waals surface area contributed by atoms with Crippen molar-refractivity contribution in [2.24, 2.45) is 5.84 Å². The van der Waals surface area contributed by atoms with Crippen LogP contribution >= 0.6 is 0 Å². The number of amides is 2. The number of anilines is 1. The molecule has 70 valence electrons. The number of hydrogen-bond acceptors (Lipinski definition) is 4. The predicted octanol–water partition coefficient (Wildman–Crippen LogP) is -0.108.